The van der Waals surface area contributed by atoms with Crippen LogP contribution in [0.3, 0.4) is 0 Å². The van der Waals surface area contributed by atoms with E-state index in [4.69, 9.17) is 0 Å². The molecule has 2 atom stereocenters. The van der Waals surface area contributed by atoms with E-state index in [1.54, 1.807) is 0 Å². The number of rotatable bonds is 11. The van der Waals surface area contributed by atoms with Crippen molar-refractivity contribution in [1.82, 2.24) is 10.6 Å². The predicted molar refractivity (Wildman–Crippen MR) is 138 cm³/mol. The zero-order valence-electron chi connectivity index (χ0n) is 20.7. The number of carbonyl (C=O) groups excluding carboxylic acids is 1. The number of amides is 1. The summed E-state index contributed by atoms with van der Waals surface area (Å²) in [6, 6.07) is 22.3. The van der Waals surface area contributed by atoms with Crippen molar-refractivity contribution in [2.45, 2.75) is 57.7 Å². The molecule has 6 heteroatoms. The van der Waals surface area contributed by atoms with Gasteiger partial charge < -0.3 is 26.0 Å². The Bertz CT molecular complexity index is 1090. The summed E-state index contributed by atoms with van der Waals surface area (Å²) in [6.45, 7) is 6.38. The molecular weight excluding hydrogens is 440 g/mol. The normalized spacial score (nSPS) is 13.3. The Morgan fingerprint density at radius 1 is 0.886 bits per heavy atom. The van der Waals surface area contributed by atoms with Crippen LogP contribution in [0.4, 0.5) is 0 Å². The summed E-state index contributed by atoms with van der Waals surface area (Å²) < 4.78 is 0. The minimum atomic E-state index is -0.865. The highest BCUT2D eigenvalue weighted by molar-refractivity contribution is 5.76. The lowest BCUT2D eigenvalue weighted by Gasteiger charge is -2.28. The number of phenols is 2. The molecule has 1 unspecified atom stereocenters. The van der Waals surface area contributed by atoms with Crippen molar-refractivity contribution in [3.63, 3.8) is 0 Å². The summed E-state index contributed by atoms with van der Waals surface area (Å²) in [5, 5.41) is 36.2. The third-order valence-electron chi connectivity index (χ3n) is 6.04. The maximum Gasteiger partial charge on any atom is 0.220 e. The monoisotopic (exact) mass is 476 g/mol. The molecule has 3 rings (SSSR count). The number of benzene rings is 3. The van der Waals surface area contributed by atoms with Crippen LogP contribution in [0.15, 0.2) is 72.8 Å². The summed E-state index contributed by atoms with van der Waals surface area (Å²) in [4.78, 5) is 12.4. The number of phenolic OH excluding ortho intramolecular Hbond substituents is 2. The summed E-state index contributed by atoms with van der Waals surface area (Å²) in [5.41, 5.74) is 3.48. The average Bonchev–Trinajstić information content (AvgIpc) is 2.81. The maximum atomic E-state index is 12.4. The molecule has 0 heterocycles. The molecule has 0 spiro atoms. The second-order valence-electron chi connectivity index (χ2n) is 9.76. The predicted octanol–water partition coefficient (Wildman–Crippen LogP) is 4.55. The van der Waals surface area contributed by atoms with Crippen LogP contribution >= 0.6 is 0 Å². The SMILES string of the molecule is C[C@H](NC(=O)CCc1cccc(CC(C)(C)NCC(O)c2cc(O)cc(O)c2)c1)c1ccccc1. The number of hydrogen-bond acceptors (Lipinski definition) is 5. The zero-order valence-corrected chi connectivity index (χ0v) is 20.7. The molecule has 3 aromatic carbocycles. The number of aliphatic hydroxyl groups is 1. The van der Waals surface area contributed by atoms with Gasteiger partial charge in [-0.15, -0.1) is 0 Å². The Labute approximate surface area is 207 Å². The third-order valence-corrected chi connectivity index (χ3v) is 6.04. The number of aryl methyl sites for hydroxylation is 1. The number of hydrogen-bond donors (Lipinski definition) is 5. The lowest BCUT2D eigenvalue weighted by atomic mass is 9.93. The molecule has 0 saturated heterocycles. The fourth-order valence-electron chi connectivity index (χ4n) is 4.17. The molecule has 0 aliphatic heterocycles. The van der Waals surface area contributed by atoms with Gasteiger partial charge in [0.2, 0.25) is 5.91 Å². The summed E-state index contributed by atoms with van der Waals surface area (Å²) >= 11 is 0. The fraction of sp³-hybridized carbons (Fsp3) is 0.345. The lowest BCUT2D eigenvalue weighted by molar-refractivity contribution is -0.121. The second-order valence-corrected chi connectivity index (χ2v) is 9.76. The van der Waals surface area contributed by atoms with Gasteiger partial charge in [-0.25, -0.2) is 0 Å². The van der Waals surface area contributed by atoms with Gasteiger partial charge in [-0.1, -0.05) is 54.6 Å². The molecule has 0 aromatic heterocycles. The number of carbonyl (C=O) groups is 1. The van der Waals surface area contributed by atoms with Gasteiger partial charge in [-0.3, -0.25) is 4.79 Å². The fourth-order valence-corrected chi connectivity index (χ4v) is 4.17. The lowest BCUT2D eigenvalue weighted by Crippen LogP contribution is -2.43. The van der Waals surface area contributed by atoms with Gasteiger partial charge in [0.1, 0.15) is 11.5 Å². The largest absolute Gasteiger partial charge is 0.508 e. The van der Waals surface area contributed by atoms with E-state index < -0.39 is 6.10 Å². The number of β-amino-alcohol motifs (C(OH)–C–C–N with tert-alkyl or cyclic N) is 1. The van der Waals surface area contributed by atoms with E-state index >= 15 is 0 Å². The molecule has 0 aliphatic rings. The summed E-state index contributed by atoms with van der Waals surface area (Å²) in [7, 11) is 0. The van der Waals surface area contributed by atoms with Crippen LogP contribution in [0.1, 0.15) is 61.6 Å². The summed E-state index contributed by atoms with van der Waals surface area (Å²) in [5.74, 6) is -0.141. The molecule has 6 nitrogen and oxygen atoms in total. The number of nitrogens with one attached hydrogen (secondary N) is 2. The standard InChI is InChI=1S/C29H36N2O4/c1-20(23-10-5-4-6-11-23)31-28(35)13-12-21-8-7-9-22(14-21)18-29(2,3)30-19-27(34)24-15-25(32)17-26(33)16-24/h4-11,14-17,20,27,30,32-34H,12-13,18-19H2,1-3H3,(H,31,35)/t20-,27?/m0/s1. The van der Waals surface area contributed by atoms with E-state index in [9.17, 15) is 20.1 Å². The Morgan fingerprint density at radius 3 is 2.23 bits per heavy atom. The highest BCUT2D eigenvalue weighted by Crippen LogP contribution is 2.25. The molecule has 186 valence electrons. The van der Waals surface area contributed by atoms with Crippen molar-refractivity contribution >= 4 is 5.91 Å². The quantitative estimate of drug-likeness (QED) is 0.279. The van der Waals surface area contributed by atoms with Gasteiger partial charge in [0.15, 0.2) is 0 Å². The van der Waals surface area contributed by atoms with Crippen molar-refractivity contribution < 1.29 is 20.1 Å². The van der Waals surface area contributed by atoms with Gasteiger partial charge in [0.25, 0.3) is 0 Å². The van der Waals surface area contributed by atoms with Crippen LogP contribution < -0.4 is 10.6 Å². The molecule has 0 bridgehead atoms. The maximum absolute atomic E-state index is 12.4. The average molecular weight is 477 g/mol. The van der Waals surface area contributed by atoms with Gasteiger partial charge in [0, 0.05) is 24.6 Å². The molecule has 35 heavy (non-hydrogen) atoms. The first-order valence-corrected chi connectivity index (χ1v) is 12.0. The van der Waals surface area contributed by atoms with Gasteiger partial charge >= 0.3 is 0 Å². The zero-order chi connectivity index (χ0) is 25.4. The molecule has 0 radical (unpaired) electrons. The van der Waals surface area contributed by atoms with Gasteiger partial charge in [-0.2, -0.15) is 0 Å². The van der Waals surface area contributed by atoms with Gasteiger partial charge in [0.05, 0.1) is 12.1 Å². The van der Waals surface area contributed by atoms with Crippen LogP contribution in [0.25, 0.3) is 0 Å². The van der Waals surface area contributed by atoms with Crippen LogP contribution in [0.2, 0.25) is 0 Å². The Balaban J connectivity index is 1.50. The van der Waals surface area contributed by atoms with Crippen LogP contribution in [-0.2, 0) is 17.6 Å². The van der Waals surface area contributed by atoms with E-state index in [2.05, 4.69) is 36.6 Å². The van der Waals surface area contributed by atoms with Crippen molar-refractivity contribution in [1.29, 1.82) is 0 Å². The first-order chi connectivity index (χ1) is 16.6. The molecule has 0 aliphatic carbocycles. The highest BCUT2D eigenvalue weighted by Gasteiger charge is 2.20. The first-order valence-electron chi connectivity index (χ1n) is 12.0. The summed E-state index contributed by atoms with van der Waals surface area (Å²) in [6.07, 6.45) is 0.950. The number of aliphatic hydroxyl groups excluding tert-OH is 1. The Hall–Kier alpha value is -3.35. The number of aromatic hydroxyl groups is 2. The van der Waals surface area contributed by atoms with Crippen LogP contribution in [-0.4, -0.2) is 33.3 Å². The minimum absolute atomic E-state index is 0.0268. The van der Waals surface area contributed by atoms with E-state index in [1.807, 2.05) is 49.4 Å². The molecule has 5 N–H and O–H groups in total. The molecule has 0 saturated carbocycles. The second kappa shape index (κ2) is 11.9. The van der Waals surface area contributed by atoms with Crippen molar-refractivity contribution in [3.8, 4) is 11.5 Å². The molecule has 1 amide bonds. The molecular formula is C29H36N2O4. The van der Waals surface area contributed by atoms with Crippen molar-refractivity contribution in [2.75, 3.05) is 6.54 Å². The van der Waals surface area contributed by atoms with Crippen LogP contribution in [0, 0.1) is 0 Å². The third kappa shape index (κ3) is 8.42. The molecule has 0 fully saturated rings. The van der Waals surface area contributed by atoms with Crippen molar-refractivity contribution in [3.05, 3.63) is 95.1 Å². The van der Waals surface area contributed by atoms with E-state index in [-0.39, 0.29) is 35.5 Å². The first kappa shape index (κ1) is 26.3. The smallest absolute Gasteiger partial charge is 0.220 e. The van der Waals surface area contributed by atoms with E-state index in [1.165, 1.54) is 18.2 Å². The molecule has 3 aromatic rings. The highest BCUT2D eigenvalue weighted by atomic mass is 16.3. The Morgan fingerprint density at radius 2 is 1.54 bits per heavy atom. The Kier molecular flexibility index (Phi) is 8.90. The van der Waals surface area contributed by atoms with Gasteiger partial charge in [-0.05, 0) is 68.0 Å². The minimum Gasteiger partial charge on any atom is -0.508 e. The van der Waals surface area contributed by atoms with Crippen molar-refractivity contribution in [2.24, 2.45) is 0 Å². The van der Waals surface area contributed by atoms with E-state index in [0.717, 1.165) is 23.1 Å². The topological polar surface area (TPSA) is 102 Å². The van der Waals surface area contributed by atoms with E-state index in [0.29, 0.717) is 18.4 Å². The van der Waals surface area contributed by atoms with Crippen LogP contribution in [0.5, 0.6) is 11.5 Å².